The molecule has 3 aromatic rings. The summed E-state index contributed by atoms with van der Waals surface area (Å²) in [4.78, 5) is 0. The van der Waals surface area contributed by atoms with Gasteiger partial charge in [0.15, 0.2) is 5.79 Å². The summed E-state index contributed by atoms with van der Waals surface area (Å²) in [5, 5.41) is 23.8. The van der Waals surface area contributed by atoms with Crippen LogP contribution in [0.4, 0.5) is 0 Å². The summed E-state index contributed by atoms with van der Waals surface area (Å²) in [6.45, 7) is 3.71. The molecule has 0 spiro atoms. The molecular weight excluding hydrogens is 296 g/mol. The van der Waals surface area contributed by atoms with E-state index in [9.17, 15) is 10.2 Å². The summed E-state index contributed by atoms with van der Waals surface area (Å²) in [5.41, 5.74) is 2.79. The monoisotopic (exact) mass is 316 g/mol. The van der Waals surface area contributed by atoms with Crippen molar-refractivity contribution in [3.8, 4) is 0 Å². The van der Waals surface area contributed by atoms with Crippen LogP contribution in [0.15, 0.2) is 72.8 Å². The first-order chi connectivity index (χ1) is 11.4. The van der Waals surface area contributed by atoms with Gasteiger partial charge in [-0.3, -0.25) is 0 Å². The van der Waals surface area contributed by atoms with Gasteiger partial charge in [0.1, 0.15) is 0 Å². The van der Waals surface area contributed by atoms with Crippen LogP contribution < -0.4 is 0 Å². The SMILES string of the molecule is CC1(C)C=C(c2cccc3ccccc23)c2ccccc2C1(O)O. The van der Waals surface area contributed by atoms with Crippen LogP contribution in [0.2, 0.25) is 0 Å². The fourth-order valence-corrected chi connectivity index (χ4v) is 3.59. The minimum Gasteiger partial charge on any atom is -0.361 e. The molecule has 24 heavy (non-hydrogen) atoms. The smallest absolute Gasteiger partial charge is 0.199 e. The molecule has 0 heterocycles. The third-order valence-corrected chi connectivity index (χ3v) is 5.08. The second kappa shape index (κ2) is 5.04. The first-order valence-corrected chi connectivity index (χ1v) is 8.17. The zero-order valence-corrected chi connectivity index (χ0v) is 13.8. The van der Waals surface area contributed by atoms with Crippen molar-refractivity contribution in [2.24, 2.45) is 5.41 Å². The van der Waals surface area contributed by atoms with Gasteiger partial charge in [-0.05, 0) is 27.5 Å². The summed E-state index contributed by atoms with van der Waals surface area (Å²) < 4.78 is 0. The van der Waals surface area contributed by atoms with E-state index < -0.39 is 11.2 Å². The molecule has 0 aliphatic heterocycles. The van der Waals surface area contributed by atoms with E-state index in [4.69, 9.17) is 0 Å². The lowest BCUT2D eigenvalue weighted by Gasteiger charge is -2.42. The minimum atomic E-state index is -1.89. The van der Waals surface area contributed by atoms with Crippen molar-refractivity contribution in [2.45, 2.75) is 19.6 Å². The van der Waals surface area contributed by atoms with Gasteiger partial charge < -0.3 is 10.2 Å². The lowest BCUT2D eigenvalue weighted by Crippen LogP contribution is -2.43. The summed E-state index contributed by atoms with van der Waals surface area (Å²) in [5.74, 6) is -1.89. The van der Waals surface area contributed by atoms with Gasteiger partial charge >= 0.3 is 0 Å². The van der Waals surface area contributed by atoms with Crippen LogP contribution in [-0.2, 0) is 5.79 Å². The standard InChI is InChI=1S/C22H20O2/c1-21(2)14-19(18-11-5-6-13-20(18)22(21,23)24)17-12-7-9-15-8-3-4-10-16(15)17/h3-14,23-24H,1-2H3. The van der Waals surface area contributed by atoms with Gasteiger partial charge in [-0.1, -0.05) is 86.7 Å². The van der Waals surface area contributed by atoms with Crippen LogP contribution in [-0.4, -0.2) is 10.2 Å². The lowest BCUT2D eigenvalue weighted by atomic mass is 9.69. The van der Waals surface area contributed by atoms with E-state index in [2.05, 4.69) is 24.3 Å². The molecule has 0 unspecified atom stereocenters. The predicted molar refractivity (Wildman–Crippen MR) is 97.4 cm³/mol. The molecule has 1 aliphatic carbocycles. The number of hydrogen-bond donors (Lipinski definition) is 2. The van der Waals surface area contributed by atoms with Gasteiger partial charge in [0.05, 0.1) is 0 Å². The Hall–Kier alpha value is -2.42. The maximum absolute atomic E-state index is 10.7. The zero-order valence-electron chi connectivity index (χ0n) is 13.8. The van der Waals surface area contributed by atoms with Crippen molar-refractivity contribution in [3.05, 3.63) is 89.5 Å². The number of rotatable bonds is 1. The average molecular weight is 316 g/mol. The molecule has 1 aliphatic rings. The molecule has 2 N–H and O–H groups in total. The van der Waals surface area contributed by atoms with Crippen molar-refractivity contribution in [1.82, 2.24) is 0 Å². The maximum atomic E-state index is 10.7. The Labute approximate surface area is 141 Å². The molecular formula is C22H20O2. The van der Waals surface area contributed by atoms with Crippen LogP contribution in [0, 0.1) is 5.41 Å². The fourth-order valence-electron chi connectivity index (χ4n) is 3.59. The highest BCUT2D eigenvalue weighted by Crippen LogP contribution is 2.49. The summed E-state index contributed by atoms with van der Waals surface area (Å²) in [6, 6.07) is 22.1. The fraction of sp³-hybridized carbons (Fsp3) is 0.182. The molecule has 0 fully saturated rings. The van der Waals surface area contributed by atoms with Crippen molar-refractivity contribution in [2.75, 3.05) is 0 Å². The molecule has 0 aromatic heterocycles. The Kier molecular flexibility index (Phi) is 3.17. The second-order valence-electron chi connectivity index (χ2n) is 7.02. The summed E-state index contributed by atoms with van der Waals surface area (Å²) in [7, 11) is 0. The predicted octanol–water partition coefficient (Wildman–Crippen LogP) is 4.45. The molecule has 2 heteroatoms. The van der Waals surface area contributed by atoms with E-state index in [1.165, 1.54) is 10.8 Å². The quantitative estimate of drug-likeness (QED) is 0.651. The van der Waals surface area contributed by atoms with Gasteiger partial charge in [0, 0.05) is 11.0 Å². The molecule has 120 valence electrons. The van der Waals surface area contributed by atoms with Crippen molar-refractivity contribution in [3.63, 3.8) is 0 Å². The molecule has 2 nitrogen and oxygen atoms in total. The van der Waals surface area contributed by atoms with Crippen LogP contribution in [0.3, 0.4) is 0 Å². The molecule has 0 saturated carbocycles. The van der Waals surface area contributed by atoms with E-state index in [0.29, 0.717) is 5.56 Å². The third-order valence-electron chi connectivity index (χ3n) is 5.08. The van der Waals surface area contributed by atoms with Crippen LogP contribution in [0.25, 0.3) is 16.3 Å². The molecule has 0 atom stereocenters. The van der Waals surface area contributed by atoms with Gasteiger partial charge in [-0.2, -0.15) is 0 Å². The van der Waals surface area contributed by atoms with E-state index in [-0.39, 0.29) is 0 Å². The first-order valence-electron chi connectivity index (χ1n) is 8.17. The second-order valence-corrected chi connectivity index (χ2v) is 7.02. The number of aliphatic hydroxyl groups is 2. The highest BCUT2D eigenvalue weighted by Gasteiger charge is 2.46. The molecule has 4 rings (SSSR count). The van der Waals surface area contributed by atoms with E-state index in [1.54, 1.807) is 6.07 Å². The minimum absolute atomic E-state index is 0.556. The van der Waals surface area contributed by atoms with Crippen LogP contribution in [0.5, 0.6) is 0 Å². The van der Waals surface area contributed by atoms with Crippen molar-refractivity contribution >= 4 is 16.3 Å². The zero-order chi connectivity index (χ0) is 16.9. The Balaban J connectivity index is 2.06. The van der Waals surface area contributed by atoms with Gasteiger partial charge in [-0.25, -0.2) is 0 Å². The lowest BCUT2D eigenvalue weighted by molar-refractivity contribution is -0.229. The topological polar surface area (TPSA) is 40.5 Å². The van der Waals surface area contributed by atoms with Crippen molar-refractivity contribution < 1.29 is 10.2 Å². The Morgan fingerprint density at radius 1 is 0.708 bits per heavy atom. The Morgan fingerprint density at radius 3 is 2.17 bits per heavy atom. The van der Waals surface area contributed by atoms with Crippen LogP contribution >= 0.6 is 0 Å². The first kappa shape index (κ1) is 15.1. The van der Waals surface area contributed by atoms with Gasteiger partial charge in [0.25, 0.3) is 0 Å². The Morgan fingerprint density at radius 2 is 1.33 bits per heavy atom. The van der Waals surface area contributed by atoms with Crippen LogP contribution in [0.1, 0.15) is 30.5 Å². The van der Waals surface area contributed by atoms with Gasteiger partial charge in [0.2, 0.25) is 0 Å². The molecule has 0 saturated heterocycles. The highest BCUT2D eigenvalue weighted by atomic mass is 16.5. The highest BCUT2D eigenvalue weighted by molar-refractivity contribution is 5.99. The third kappa shape index (κ3) is 2.04. The molecule has 0 bridgehead atoms. The van der Waals surface area contributed by atoms with E-state index >= 15 is 0 Å². The van der Waals surface area contributed by atoms with E-state index in [1.807, 2.05) is 56.3 Å². The number of hydrogen-bond acceptors (Lipinski definition) is 2. The molecule has 0 amide bonds. The van der Waals surface area contributed by atoms with Crippen molar-refractivity contribution in [1.29, 1.82) is 0 Å². The largest absolute Gasteiger partial charge is 0.361 e. The van der Waals surface area contributed by atoms with E-state index in [0.717, 1.165) is 16.7 Å². The Bertz CT molecular complexity index is 959. The number of fused-ring (bicyclic) bond motifs is 2. The molecule has 0 radical (unpaired) electrons. The van der Waals surface area contributed by atoms with Gasteiger partial charge in [-0.15, -0.1) is 0 Å². The normalized spacial score (nSPS) is 18.1. The summed E-state index contributed by atoms with van der Waals surface area (Å²) >= 11 is 0. The number of benzene rings is 3. The molecule has 3 aromatic carbocycles. The summed E-state index contributed by atoms with van der Waals surface area (Å²) in [6.07, 6.45) is 1.98. The average Bonchev–Trinajstić information content (AvgIpc) is 2.58. The maximum Gasteiger partial charge on any atom is 0.199 e.